The molecule has 6 rings (SSSR count). The molecule has 0 bridgehead atoms. The SMILES string of the molecule is CC12CC=C(C3CCC4NC5C=CC=CC5C4C3)C=C1c1ccccc1O2. The molecule has 1 N–H and O–H groups in total. The second-order valence-electron chi connectivity index (χ2n) is 9.12. The van der Waals surface area contributed by atoms with E-state index in [9.17, 15) is 0 Å². The van der Waals surface area contributed by atoms with Crippen LogP contribution in [0.1, 0.15) is 38.2 Å². The van der Waals surface area contributed by atoms with Crippen molar-refractivity contribution in [2.75, 3.05) is 0 Å². The zero-order chi connectivity index (χ0) is 18.0. The molecule has 3 aliphatic carbocycles. The van der Waals surface area contributed by atoms with Crippen LogP contribution in [-0.2, 0) is 0 Å². The van der Waals surface area contributed by atoms with Gasteiger partial charge in [0.05, 0.1) is 0 Å². The Morgan fingerprint density at radius 3 is 2.96 bits per heavy atom. The average molecular weight is 357 g/mol. The van der Waals surface area contributed by atoms with Gasteiger partial charge in [0, 0.05) is 35.6 Å². The molecule has 2 heteroatoms. The molecular formula is C25H27NO. The minimum atomic E-state index is -0.179. The topological polar surface area (TPSA) is 21.3 Å². The van der Waals surface area contributed by atoms with Crippen molar-refractivity contribution in [3.05, 3.63) is 71.9 Å². The fraction of sp³-hybridized carbons (Fsp3) is 0.440. The lowest BCUT2D eigenvalue weighted by Crippen LogP contribution is -2.36. The summed E-state index contributed by atoms with van der Waals surface area (Å²) in [6.07, 6.45) is 19.1. The predicted molar refractivity (Wildman–Crippen MR) is 109 cm³/mol. The maximum absolute atomic E-state index is 6.33. The summed E-state index contributed by atoms with van der Waals surface area (Å²) in [7, 11) is 0. The van der Waals surface area contributed by atoms with Gasteiger partial charge in [-0.1, -0.05) is 54.7 Å². The first-order valence-corrected chi connectivity index (χ1v) is 10.5. The Bertz CT molecular complexity index is 907. The summed E-state index contributed by atoms with van der Waals surface area (Å²) in [5.74, 6) is 3.19. The van der Waals surface area contributed by atoms with Crippen LogP contribution in [0.15, 0.2) is 66.3 Å². The smallest absolute Gasteiger partial charge is 0.135 e. The summed E-state index contributed by atoms with van der Waals surface area (Å²) in [4.78, 5) is 0. The van der Waals surface area contributed by atoms with E-state index in [1.54, 1.807) is 5.57 Å². The normalized spacial score (nSPS) is 41.0. The third-order valence-electron chi connectivity index (χ3n) is 7.57. The average Bonchev–Trinajstić information content (AvgIpc) is 3.21. The van der Waals surface area contributed by atoms with E-state index in [0.717, 1.165) is 18.1 Å². The molecule has 27 heavy (non-hydrogen) atoms. The van der Waals surface area contributed by atoms with Crippen LogP contribution < -0.4 is 10.1 Å². The van der Waals surface area contributed by atoms with Crippen molar-refractivity contribution in [2.45, 2.75) is 50.3 Å². The van der Waals surface area contributed by atoms with E-state index in [-0.39, 0.29) is 5.60 Å². The van der Waals surface area contributed by atoms with Crippen molar-refractivity contribution >= 4 is 5.57 Å². The van der Waals surface area contributed by atoms with Gasteiger partial charge in [-0.2, -0.15) is 0 Å². The number of nitrogens with one attached hydrogen (secondary N) is 1. The summed E-state index contributed by atoms with van der Waals surface area (Å²) in [6, 6.07) is 9.79. The second-order valence-corrected chi connectivity index (χ2v) is 9.12. The van der Waals surface area contributed by atoms with Crippen LogP contribution in [0.3, 0.4) is 0 Å². The van der Waals surface area contributed by atoms with Gasteiger partial charge >= 0.3 is 0 Å². The van der Waals surface area contributed by atoms with Gasteiger partial charge in [-0.25, -0.2) is 0 Å². The zero-order valence-electron chi connectivity index (χ0n) is 15.9. The molecule has 1 saturated carbocycles. The first-order chi connectivity index (χ1) is 13.2. The number of hydrogen-bond acceptors (Lipinski definition) is 2. The highest BCUT2D eigenvalue weighted by atomic mass is 16.5. The third-order valence-corrected chi connectivity index (χ3v) is 7.57. The van der Waals surface area contributed by atoms with E-state index < -0.39 is 0 Å². The molecule has 1 aromatic rings. The molecule has 0 amide bonds. The summed E-state index contributed by atoms with van der Waals surface area (Å²) in [5.41, 5.74) is 4.06. The van der Waals surface area contributed by atoms with Gasteiger partial charge in [0.2, 0.25) is 0 Å². The minimum Gasteiger partial charge on any atom is -0.482 e. The fourth-order valence-corrected chi connectivity index (χ4v) is 6.15. The lowest BCUT2D eigenvalue weighted by molar-refractivity contribution is 0.168. The van der Waals surface area contributed by atoms with Crippen molar-refractivity contribution in [1.82, 2.24) is 5.32 Å². The summed E-state index contributed by atoms with van der Waals surface area (Å²) >= 11 is 0. The summed E-state index contributed by atoms with van der Waals surface area (Å²) in [5, 5.41) is 3.88. The quantitative estimate of drug-likeness (QED) is 0.759. The van der Waals surface area contributed by atoms with E-state index in [1.807, 2.05) is 0 Å². The molecular weight excluding hydrogens is 330 g/mol. The van der Waals surface area contributed by atoms with Gasteiger partial charge in [-0.15, -0.1) is 0 Å². The lowest BCUT2D eigenvalue weighted by atomic mass is 9.69. The molecule has 6 atom stereocenters. The van der Waals surface area contributed by atoms with Crippen LogP contribution in [0.25, 0.3) is 5.57 Å². The molecule has 1 aromatic carbocycles. The molecule has 0 spiro atoms. The fourth-order valence-electron chi connectivity index (χ4n) is 6.15. The van der Waals surface area contributed by atoms with Crippen molar-refractivity contribution in [2.24, 2.45) is 17.8 Å². The standard InChI is InChI=1S/C25H27NO/c1-25-13-12-17(15-21(25)19-7-3-5-9-24(19)27-25)16-10-11-23-20(14-16)18-6-2-4-8-22(18)26-23/h2-9,12,15-16,18,20,22-23,26H,10-11,13-14H2,1H3. The highest BCUT2D eigenvalue weighted by molar-refractivity contribution is 5.83. The number of ether oxygens (including phenoxy) is 1. The van der Waals surface area contributed by atoms with Gasteiger partial charge in [-0.3, -0.25) is 0 Å². The predicted octanol–water partition coefficient (Wildman–Crippen LogP) is 5.05. The number of allylic oxidation sites excluding steroid dienone is 4. The van der Waals surface area contributed by atoms with Crippen LogP contribution >= 0.6 is 0 Å². The Morgan fingerprint density at radius 1 is 1.11 bits per heavy atom. The van der Waals surface area contributed by atoms with Gasteiger partial charge in [-0.05, 0) is 49.7 Å². The van der Waals surface area contributed by atoms with Gasteiger partial charge in [0.15, 0.2) is 0 Å². The molecule has 0 aromatic heterocycles. The maximum Gasteiger partial charge on any atom is 0.135 e. The molecule has 6 unspecified atom stereocenters. The number of hydrogen-bond donors (Lipinski definition) is 1. The maximum atomic E-state index is 6.33. The number of para-hydroxylation sites is 1. The minimum absolute atomic E-state index is 0.179. The monoisotopic (exact) mass is 357 g/mol. The third kappa shape index (κ3) is 2.36. The van der Waals surface area contributed by atoms with E-state index in [0.29, 0.717) is 23.9 Å². The van der Waals surface area contributed by atoms with E-state index >= 15 is 0 Å². The Balaban J connectivity index is 1.29. The molecule has 2 heterocycles. The molecule has 2 aliphatic heterocycles. The van der Waals surface area contributed by atoms with Crippen molar-refractivity contribution < 1.29 is 4.74 Å². The molecule has 2 fully saturated rings. The van der Waals surface area contributed by atoms with Crippen LogP contribution in [-0.4, -0.2) is 17.7 Å². The second kappa shape index (κ2) is 5.72. The van der Waals surface area contributed by atoms with E-state index in [1.165, 1.54) is 30.4 Å². The summed E-state index contributed by atoms with van der Waals surface area (Å²) < 4.78 is 6.33. The van der Waals surface area contributed by atoms with E-state index in [4.69, 9.17) is 4.74 Å². The first kappa shape index (κ1) is 15.9. The Morgan fingerprint density at radius 2 is 2.00 bits per heavy atom. The van der Waals surface area contributed by atoms with Crippen molar-refractivity contribution in [1.29, 1.82) is 0 Å². The first-order valence-electron chi connectivity index (χ1n) is 10.5. The van der Waals surface area contributed by atoms with Crippen LogP contribution in [0.4, 0.5) is 0 Å². The molecule has 0 radical (unpaired) electrons. The Labute approximate surface area is 161 Å². The highest BCUT2D eigenvalue weighted by Gasteiger charge is 2.46. The molecule has 2 nitrogen and oxygen atoms in total. The van der Waals surface area contributed by atoms with Crippen molar-refractivity contribution in [3.8, 4) is 5.75 Å². The van der Waals surface area contributed by atoms with Crippen LogP contribution in [0.5, 0.6) is 5.75 Å². The number of rotatable bonds is 1. The molecule has 1 saturated heterocycles. The zero-order valence-corrected chi connectivity index (χ0v) is 15.9. The lowest BCUT2D eigenvalue weighted by Gasteiger charge is -2.36. The number of fused-ring (bicyclic) bond motifs is 6. The van der Waals surface area contributed by atoms with Crippen LogP contribution in [0.2, 0.25) is 0 Å². The Kier molecular flexibility index (Phi) is 3.38. The molecule has 5 aliphatic rings. The number of benzene rings is 1. The molecule has 138 valence electrons. The van der Waals surface area contributed by atoms with Gasteiger partial charge in [0.25, 0.3) is 0 Å². The van der Waals surface area contributed by atoms with Crippen molar-refractivity contribution in [3.63, 3.8) is 0 Å². The van der Waals surface area contributed by atoms with Gasteiger partial charge < -0.3 is 10.1 Å². The highest BCUT2D eigenvalue weighted by Crippen LogP contribution is 2.51. The largest absolute Gasteiger partial charge is 0.482 e. The van der Waals surface area contributed by atoms with Gasteiger partial charge in [0.1, 0.15) is 11.4 Å². The summed E-state index contributed by atoms with van der Waals surface area (Å²) in [6.45, 7) is 2.24. The Hall–Kier alpha value is -2.06. The van der Waals surface area contributed by atoms with Crippen LogP contribution in [0, 0.1) is 17.8 Å². The van der Waals surface area contributed by atoms with E-state index in [2.05, 4.69) is 73.0 Å².